The van der Waals surface area contributed by atoms with E-state index in [1.165, 1.54) is 29.3 Å². The zero-order valence-electron chi connectivity index (χ0n) is 11.6. The lowest BCUT2D eigenvalue weighted by atomic mass is 9.75. The second-order valence-corrected chi connectivity index (χ2v) is 6.76. The Morgan fingerprint density at radius 2 is 1.83 bits per heavy atom. The fraction of sp³-hybridized carbons (Fsp3) is 0.625. The van der Waals surface area contributed by atoms with E-state index in [4.69, 9.17) is 0 Å². The third-order valence-electron chi connectivity index (χ3n) is 4.17. The molecular weight excluding hydrogens is 286 g/mol. The number of benzene rings is 1. The van der Waals surface area contributed by atoms with Crippen molar-refractivity contribution < 1.29 is 0 Å². The van der Waals surface area contributed by atoms with Crippen molar-refractivity contribution in [1.82, 2.24) is 5.32 Å². The molecule has 1 atom stereocenters. The minimum absolute atomic E-state index is 0.681. The lowest BCUT2D eigenvalue weighted by Gasteiger charge is -2.39. The molecule has 0 spiro atoms. The number of hydrogen-bond donors (Lipinski definition) is 1. The fourth-order valence-corrected chi connectivity index (χ4v) is 3.11. The highest BCUT2D eigenvalue weighted by Gasteiger charge is 2.31. The second kappa shape index (κ2) is 6.21. The van der Waals surface area contributed by atoms with E-state index in [1.807, 2.05) is 0 Å². The van der Waals surface area contributed by atoms with Crippen LogP contribution < -0.4 is 5.32 Å². The van der Waals surface area contributed by atoms with Crippen molar-refractivity contribution in [2.45, 2.75) is 58.0 Å². The molecule has 1 aromatic rings. The van der Waals surface area contributed by atoms with Crippen LogP contribution in [-0.4, -0.2) is 12.1 Å². The highest BCUT2D eigenvalue weighted by Crippen LogP contribution is 2.37. The Morgan fingerprint density at radius 1 is 1.22 bits per heavy atom. The third kappa shape index (κ3) is 3.36. The van der Waals surface area contributed by atoms with Gasteiger partial charge in [0.05, 0.1) is 0 Å². The van der Waals surface area contributed by atoms with Crippen molar-refractivity contribution in [2.75, 3.05) is 0 Å². The van der Waals surface area contributed by atoms with Gasteiger partial charge in [0.2, 0.25) is 0 Å². The van der Waals surface area contributed by atoms with E-state index in [2.05, 4.69) is 66.3 Å². The Hall–Kier alpha value is -0.340. The van der Waals surface area contributed by atoms with Crippen molar-refractivity contribution in [1.29, 1.82) is 0 Å². The molecule has 100 valence electrons. The highest BCUT2D eigenvalue weighted by molar-refractivity contribution is 9.10. The first-order valence-corrected chi connectivity index (χ1v) is 7.91. The molecule has 2 heteroatoms. The summed E-state index contributed by atoms with van der Waals surface area (Å²) in [5.41, 5.74) is 1.49. The smallest absolute Gasteiger partial charge is 0.0175 e. The normalized spacial score (nSPS) is 24.9. The Morgan fingerprint density at radius 3 is 2.33 bits per heavy atom. The number of nitrogens with one attached hydrogen (secondary N) is 1. The molecule has 18 heavy (non-hydrogen) atoms. The summed E-state index contributed by atoms with van der Waals surface area (Å²) in [6, 6.07) is 10.2. The molecule has 0 bridgehead atoms. The van der Waals surface area contributed by atoms with Crippen LogP contribution in [0.4, 0.5) is 0 Å². The van der Waals surface area contributed by atoms with Crippen LogP contribution in [0.2, 0.25) is 0 Å². The molecule has 0 radical (unpaired) electrons. The predicted octanol–water partition coefficient (Wildman–Crippen LogP) is 4.72. The van der Waals surface area contributed by atoms with Gasteiger partial charge in [0.1, 0.15) is 0 Å². The summed E-state index contributed by atoms with van der Waals surface area (Å²) in [5, 5.41) is 3.80. The van der Waals surface area contributed by atoms with E-state index in [0.717, 1.165) is 17.9 Å². The number of hydrogen-bond acceptors (Lipinski definition) is 1. The Bertz CT molecular complexity index is 365. The van der Waals surface area contributed by atoms with Crippen LogP contribution in [-0.2, 0) is 0 Å². The summed E-state index contributed by atoms with van der Waals surface area (Å²) < 4.78 is 1.17. The van der Waals surface area contributed by atoms with Crippen molar-refractivity contribution >= 4 is 15.9 Å². The van der Waals surface area contributed by atoms with Gasteiger partial charge >= 0.3 is 0 Å². The minimum atomic E-state index is 0.681. The molecule has 1 nitrogen and oxygen atoms in total. The van der Waals surface area contributed by atoms with E-state index in [0.29, 0.717) is 6.04 Å². The lowest BCUT2D eigenvalue weighted by molar-refractivity contribution is 0.237. The summed E-state index contributed by atoms with van der Waals surface area (Å²) in [6.45, 7) is 6.90. The van der Waals surface area contributed by atoms with Crippen LogP contribution in [0, 0.1) is 5.92 Å². The van der Waals surface area contributed by atoms with Crippen molar-refractivity contribution in [3.8, 4) is 0 Å². The quantitative estimate of drug-likeness (QED) is 0.830. The van der Waals surface area contributed by atoms with Crippen LogP contribution in [0.1, 0.15) is 51.5 Å². The summed E-state index contributed by atoms with van der Waals surface area (Å²) >= 11 is 3.49. The molecular formula is C16H24BrN. The number of halogens is 1. The first-order chi connectivity index (χ1) is 8.60. The third-order valence-corrected chi connectivity index (χ3v) is 4.70. The molecule has 1 N–H and O–H groups in total. The Kier molecular flexibility index (Phi) is 4.85. The van der Waals surface area contributed by atoms with Gasteiger partial charge in [0.15, 0.2) is 0 Å². The van der Waals surface area contributed by atoms with Gasteiger partial charge in [-0.05, 0) is 48.8 Å². The largest absolute Gasteiger partial charge is 0.311 e. The summed E-state index contributed by atoms with van der Waals surface area (Å²) in [6.07, 6.45) is 3.83. The van der Waals surface area contributed by atoms with Crippen LogP contribution in [0.3, 0.4) is 0 Å². The molecule has 2 rings (SSSR count). The predicted molar refractivity (Wildman–Crippen MR) is 82.0 cm³/mol. The maximum atomic E-state index is 3.80. The first kappa shape index (κ1) is 14.1. The maximum Gasteiger partial charge on any atom is 0.0175 e. The standard InChI is InChI=1S/C16H24BrN/c1-4-16(11(2)3)18-15-9-13(10-15)12-5-7-14(17)8-6-12/h5-8,11,13,15-16,18H,4,9-10H2,1-3H3. The van der Waals surface area contributed by atoms with E-state index in [9.17, 15) is 0 Å². The molecule has 1 aromatic carbocycles. The molecule has 0 heterocycles. The van der Waals surface area contributed by atoms with Crippen molar-refractivity contribution in [2.24, 2.45) is 5.92 Å². The van der Waals surface area contributed by atoms with Gasteiger partial charge in [-0.25, -0.2) is 0 Å². The van der Waals surface area contributed by atoms with Crippen LogP contribution in [0.15, 0.2) is 28.7 Å². The van der Waals surface area contributed by atoms with E-state index in [1.54, 1.807) is 0 Å². The lowest BCUT2D eigenvalue weighted by Crippen LogP contribution is -2.47. The molecule has 1 fully saturated rings. The van der Waals surface area contributed by atoms with Crippen LogP contribution in [0.5, 0.6) is 0 Å². The molecule has 1 saturated carbocycles. The molecule has 0 aromatic heterocycles. The van der Waals surface area contributed by atoms with Gasteiger partial charge in [0, 0.05) is 16.6 Å². The van der Waals surface area contributed by atoms with Gasteiger partial charge in [-0.2, -0.15) is 0 Å². The molecule has 1 unspecified atom stereocenters. The number of rotatable bonds is 5. The molecule has 0 saturated heterocycles. The maximum absolute atomic E-state index is 3.80. The van der Waals surface area contributed by atoms with Gasteiger partial charge in [0.25, 0.3) is 0 Å². The van der Waals surface area contributed by atoms with Gasteiger partial charge in [-0.1, -0.05) is 48.8 Å². The Balaban J connectivity index is 1.81. The molecule has 1 aliphatic carbocycles. The van der Waals surface area contributed by atoms with E-state index in [-0.39, 0.29) is 0 Å². The second-order valence-electron chi connectivity index (χ2n) is 5.84. The topological polar surface area (TPSA) is 12.0 Å². The summed E-state index contributed by atoms with van der Waals surface area (Å²) in [7, 11) is 0. The zero-order valence-corrected chi connectivity index (χ0v) is 13.2. The van der Waals surface area contributed by atoms with Crippen molar-refractivity contribution in [3.05, 3.63) is 34.3 Å². The monoisotopic (exact) mass is 309 g/mol. The first-order valence-electron chi connectivity index (χ1n) is 7.11. The van der Waals surface area contributed by atoms with Crippen LogP contribution >= 0.6 is 15.9 Å². The van der Waals surface area contributed by atoms with E-state index >= 15 is 0 Å². The minimum Gasteiger partial charge on any atom is -0.311 e. The average Bonchev–Trinajstić information content (AvgIpc) is 2.29. The van der Waals surface area contributed by atoms with Crippen molar-refractivity contribution in [3.63, 3.8) is 0 Å². The fourth-order valence-electron chi connectivity index (χ4n) is 2.85. The Labute approximate surface area is 119 Å². The summed E-state index contributed by atoms with van der Waals surface area (Å²) in [5.74, 6) is 1.50. The molecule has 1 aliphatic rings. The highest BCUT2D eigenvalue weighted by atomic mass is 79.9. The zero-order chi connectivity index (χ0) is 13.1. The summed E-state index contributed by atoms with van der Waals surface area (Å²) in [4.78, 5) is 0. The van der Waals surface area contributed by atoms with Gasteiger partial charge in [-0.3, -0.25) is 0 Å². The van der Waals surface area contributed by atoms with Gasteiger partial charge < -0.3 is 5.32 Å². The SMILES string of the molecule is CCC(NC1CC(c2ccc(Br)cc2)C1)C(C)C. The average molecular weight is 310 g/mol. The van der Waals surface area contributed by atoms with Gasteiger partial charge in [-0.15, -0.1) is 0 Å². The van der Waals surface area contributed by atoms with Crippen LogP contribution in [0.25, 0.3) is 0 Å². The molecule has 0 aliphatic heterocycles. The van der Waals surface area contributed by atoms with E-state index < -0.39 is 0 Å². The molecule has 0 amide bonds.